The summed E-state index contributed by atoms with van der Waals surface area (Å²) in [6.07, 6.45) is 0. The van der Waals surface area contributed by atoms with Crippen LogP contribution in [-0.4, -0.2) is 34.1 Å². The normalized spacial score (nSPS) is 3.57. The summed E-state index contributed by atoms with van der Waals surface area (Å²) in [6.45, 7) is 1.08. The predicted molar refractivity (Wildman–Crippen MR) is 22.4 cm³/mol. The van der Waals surface area contributed by atoms with Gasteiger partial charge in [0, 0.05) is 26.4 Å². The first kappa shape index (κ1) is 23.7. The van der Waals surface area contributed by atoms with Crippen molar-refractivity contribution < 1.29 is 52.5 Å². The molecule has 0 aromatic heterocycles. The van der Waals surface area contributed by atoms with E-state index < -0.39 is 5.97 Å². The van der Waals surface area contributed by atoms with Gasteiger partial charge in [0.2, 0.25) is 0 Å². The molecule has 0 aliphatic carbocycles. The minimum atomic E-state index is -0.833. The van der Waals surface area contributed by atoms with Crippen LogP contribution in [0.25, 0.3) is 0 Å². The molecule has 32 valence electrons. The maximum atomic E-state index is 9.00. The summed E-state index contributed by atoms with van der Waals surface area (Å²) in [7, 11) is 0. The quantitative estimate of drug-likeness (QED) is 0.384. The fourth-order valence-electron chi connectivity index (χ4n) is 0. The van der Waals surface area contributed by atoms with Crippen LogP contribution in [0.4, 0.5) is 0 Å². The first-order valence-corrected chi connectivity index (χ1v) is 0.928. The minimum absolute atomic E-state index is 0. The third-order valence-corrected chi connectivity index (χ3v) is 0. The van der Waals surface area contributed by atoms with Gasteiger partial charge in [-0.1, -0.05) is 0 Å². The topological polar surface area (TPSA) is 37.3 Å². The number of hydrogen-bond donors (Lipinski definition) is 1. The van der Waals surface area contributed by atoms with E-state index in [0.29, 0.717) is 0 Å². The number of rotatable bonds is 0. The van der Waals surface area contributed by atoms with Crippen molar-refractivity contribution in [2.24, 2.45) is 0 Å². The summed E-state index contributed by atoms with van der Waals surface area (Å²) >= 11 is 0. The molecule has 0 aromatic rings. The zero-order chi connectivity index (χ0) is 3.58. The second-order valence-corrected chi connectivity index (χ2v) is 0.519. The molecule has 1 N–H and O–H groups in total. The van der Waals surface area contributed by atoms with Crippen molar-refractivity contribution in [2.75, 3.05) is 0 Å². The molecule has 0 heterocycles. The molecule has 0 unspecified atom stereocenters. The van der Waals surface area contributed by atoms with Crippen LogP contribution in [0.3, 0.4) is 0 Å². The van der Waals surface area contributed by atoms with E-state index in [1.165, 1.54) is 0 Å². The van der Waals surface area contributed by atoms with Gasteiger partial charge in [-0.05, 0) is 0 Å². The largest absolute Gasteiger partial charge is 2.00 e. The van der Waals surface area contributed by atoms with Crippen molar-refractivity contribution in [3.8, 4) is 0 Å². The van der Waals surface area contributed by atoms with Gasteiger partial charge in [-0.3, -0.25) is 4.79 Å². The van der Waals surface area contributed by atoms with Crippen molar-refractivity contribution >= 4 is 29.0 Å². The van der Waals surface area contributed by atoms with E-state index in [1.54, 1.807) is 0 Å². The zero-order valence-corrected chi connectivity index (χ0v) is 9.15. The first-order valence-electron chi connectivity index (χ1n) is 0.928. The third-order valence-electron chi connectivity index (χ3n) is 0. The molecule has 5 heteroatoms. The van der Waals surface area contributed by atoms with Crippen LogP contribution in [0.1, 0.15) is 11.2 Å². The van der Waals surface area contributed by atoms with Crippen molar-refractivity contribution in [3.05, 3.63) is 0 Å². The fourth-order valence-corrected chi connectivity index (χ4v) is 0. The van der Waals surface area contributed by atoms with E-state index in [-0.39, 0.29) is 65.7 Å². The molecule has 0 spiro atoms. The van der Waals surface area contributed by atoms with Crippen LogP contribution in [-0.2, 0) is 24.3 Å². The van der Waals surface area contributed by atoms with E-state index in [2.05, 4.69) is 0 Å². The molecule has 0 saturated carbocycles. The van der Waals surface area contributed by atoms with Crippen molar-refractivity contribution in [3.63, 3.8) is 0 Å². The predicted octanol–water partition coefficient (Wildman–Crippen LogP) is -2.95. The summed E-state index contributed by atoms with van der Waals surface area (Å²) in [5, 5.41) is 7.42. The van der Waals surface area contributed by atoms with Crippen LogP contribution in [0.2, 0.25) is 0 Å². The average Bonchev–Trinajstić information content (AvgIpc) is 0.811. The number of carboxylic acid groups (broad SMARTS) is 1. The van der Waals surface area contributed by atoms with E-state index in [1.807, 2.05) is 0 Å². The van der Waals surface area contributed by atoms with Gasteiger partial charge in [-0.15, -0.1) is 0 Å². The molecular weight excluding hydrogens is 153 g/mol. The van der Waals surface area contributed by atoms with Crippen molar-refractivity contribution in [1.29, 1.82) is 0 Å². The Morgan fingerprint density at radius 1 is 1.71 bits per heavy atom. The standard InChI is InChI=1S/C2H4O2.Li.Mg.Zn.3H/c1-2(3)4;;;;;;/h1H3,(H,3,4);;;;;;/q;+1;+2;;3*-1. The molecule has 0 aromatic carbocycles. The van der Waals surface area contributed by atoms with Gasteiger partial charge in [0.15, 0.2) is 0 Å². The molecule has 0 fully saturated rings. The molecule has 0 amide bonds. The number of hydrogen-bond acceptors (Lipinski definition) is 1. The zero-order valence-electron chi connectivity index (χ0n) is 7.77. The first-order chi connectivity index (χ1) is 1.73. The molecule has 0 rings (SSSR count). The van der Waals surface area contributed by atoms with Gasteiger partial charge in [0.05, 0.1) is 0 Å². The summed E-state index contributed by atoms with van der Waals surface area (Å²) < 4.78 is 0. The number of carboxylic acids is 1. The Morgan fingerprint density at radius 2 is 1.71 bits per heavy atom. The van der Waals surface area contributed by atoms with Crippen LogP contribution in [0.5, 0.6) is 0 Å². The monoisotopic (exact) mass is 158 g/mol. The van der Waals surface area contributed by atoms with Crippen molar-refractivity contribution in [2.45, 2.75) is 6.92 Å². The van der Waals surface area contributed by atoms with Crippen LogP contribution in [0.15, 0.2) is 0 Å². The number of aliphatic carboxylic acids is 1. The summed E-state index contributed by atoms with van der Waals surface area (Å²) in [5.41, 5.74) is 0. The molecule has 0 bridgehead atoms. The smallest absolute Gasteiger partial charge is 1.00 e. The average molecular weight is 160 g/mol. The number of carbonyl (C=O) groups is 1. The van der Waals surface area contributed by atoms with Crippen molar-refractivity contribution in [1.82, 2.24) is 0 Å². The molecule has 0 aliphatic heterocycles. The fraction of sp³-hybridized carbons (Fsp3) is 0.500. The molecule has 0 aliphatic rings. The Hall–Kier alpha value is 1.46. The second kappa shape index (κ2) is 15.7. The van der Waals surface area contributed by atoms with E-state index >= 15 is 0 Å². The molecule has 0 radical (unpaired) electrons. The SMILES string of the molecule is CC(=O)O.[H-].[H-].[H-].[Li+].[Mg+2].[Zn]. The van der Waals surface area contributed by atoms with Gasteiger partial charge in [0.1, 0.15) is 0 Å². The minimum Gasteiger partial charge on any atom is -1.00 e. The molecule has 7 heavy (non-hydrogen) atoms. The summed E-state index contributed by atoms with van der Waals surface area (Å²) in [4.78, 5) is 9.00. The van der Waals surface area contributed by atoms with E-state index in [0.717, 1.165) is 6.92 Å². The Bertz CT molecular complexity index is 47.5. The second-order valence-electron chi connectivity index (χ2n) is 0.519. The Morgan fingerprint density at radius 3 is 1.71 bits per heavy atom. The van der Waals surface area contributed by atoms with Crippen LogP contribution in [0, 0.1) is 0 Å². The van der Waals surface area contributed by atoms with Gasteiger partial charge in [0.25, 0.3) is 5.97 Å². The molecule has 0 saturated heterocycles. The van der Waals surface area contributed by atoms with Gasteiger partial charge in [-0.2, -0.15) is 0 Å². The Balaban J connectivity index is -0.00000000300. The maximum Gasteiger partial charge on any atom is 2.00 e. The molecule has 0 atom stereocenters. The Labute approximate surface area is 88.0 Å². The molecule has 2 nitrogen and oxygen atoms in total. The maximum absolute atomic E-state index is 9.00. The van der Waals surface area contributed by atoms with Crippen LogP contribution >= 0.6 is 0 Å². The summed E-state index contributed by atoms with van der Waals surface area (Å²) in [5.74, 6) is -0.833. The van der Waals surface area contributed by atoms with Crippen LogP contribution < -0.4 is 18.9 Å². The summed E-state index contributed by atoms with van der Waals surface area (Å²) in [6, 6.07) is 0. The van der Waals surface area contributed by atoms with Gasteiger partial charge in [-0.25, -0.2) is 0 Å². The van der Waals surface area contributed by atoms with Gasteiger partial charge >= 0.3 is 41.9 Å². The molecular formula is C2H7LiMgO2Zn. The van der Waals surface area contributed by atoms with E-state index in [9.17, 15) is 0 Å². The third kappa shape index (κ3) is 105. The Kier molecular flexibility index (Phi) is 52.9. The van der Waals surface area contributed by atoms with Gasteiger partial charge < -0.3 is 9.39 Å². The van der Waals surface area contributed by atoms with E-state index in [4.69, 9.17) is 9.90 Å².